The summed E-state index contributed by atoms with van der Waals surface area (Å²) in [6.45, 7) is 9.45. The number of amides is 2. The number of anilines is 1. The Hall–Kier alpha value is -3.49. The van der Waals surface area contributed by atoms with Gasteiger partial charge in [0, 0.05) is 12.2 Å². The van der Waals surface area contributed by atoms with Crippen LogP contribution < -0.4 is 4.90 Å². The lowest BCUT2D eigenvalue weighted by molar-refractivity contribution is -0.155. The summed E-state index contributed by atoms with van der Waals surface area (Å²) in [7, 11) is 0. The second-order valence-corrected chi connectivity index (χ2v) is 11.1. The molecular weight excluding hydrogens is 508 g/mol. The molecule has 1 spiro atoms. The summed E-state index contributed by atoms with van der Waals surface area (Å²) < 4.78 is 12.1. The molecule has 2 bridgehead atoms. The Kier molecular flexibility index (Phi) is 8.10. The van der Waals surface area contributed by atoms with Crippen molar-refractivity contribution in [2.24, 2.45) is 11.8 Å². The molecule has 5 rings (SSSR count). The van der Waals surface area contributed by atoms with Gasteiger partial charge >= 0.3 is 5.97 Å². The van der Waals surface area contributed by atoms with E-state index in [-0.39, 0.29) is 31.6 Å². The monoisotopic (exact) mass is 546 g/mol. The average molecular weight is 547 g/mol. The molecule has 2 aromatic carbocycles. The molecule has 40 heavy (non-hydrogen) atoms. The fourth-order valence-corrected chi connectivity index (χ4v) is 6.80. The van der Waals surface area contributed by atoms with Gasteiger partial charge in [-0.25, -0.2) is 0 Å². The molecule has 2 unspecified atom stereocenters. The molecule has 0 aromatic heterocycles. The quantitative estimate of drug-likeness (QED) is 0.246. The molecular formula is C32H38N2O6. The van der Waals surface area contributed by atoms with Crippen LogP contribution in [0, 0.1) is 11.8 Å². The predicted molar refractivity (Wildman–Crippen MR) is 153 cm³/mol. The highest BCUT2D eigenvalue weighted by Crippen LogP contribution is 2.59. The Labute approximate surface area is 235 Å². The third kappa shape index (κ3) is 4.63. The number of hydrogen-bond donors (Lipinski definition) is 1. The molecule has 1 N–H and O–H groups in total. The first kappa shape index (κ1) is 28.1. The van der Waals surface area contributed by atoms with Crippen LogP contribution >= 0.6 is 0 Å². The number of aliphatic hydroxyl groups excluding tert-OH is 1. The van der Waals surface area contributed by atoms with E-state index < -0.39 is 41.6 Å². The van der Waals surface area contributed by atoms with E-state index in [1.54, 1.807) is 17.9 Å². The number of allylic oxidation sites excluding steroid dienone is 1. The van der Waals surface area contributed by atoms with Crippen LogP contribution in [0.2, 0.25) is 0 Å². The summed E-state index contributed by atoms with van der Waals surface area (Å²) in [5.74, 6) is -2.72. The maximum Gasteiger partial charge on any atom is 0.312 e. The molecule has 212 valence electrons. The zero-order chi connectivity index (χ0) is 28.4. The van der Waals surface area contributed by atoms with Crippen molar-refractivity contribution in [3.8, 4) is 0 Å². The summed E-state index contributed by atoms with van der Waals surface area (Å²) >= 11 is 0. The predicted octanol–water partition coefficient (Wildman–Crippen LogP) is 4.01. The zero-order valence-electron chi connectivity index (χ0n) is 23.0. The molecule has 8 heteroatoms. The number of hydrogen-bond acceptors (Lipinski definition) is 6. The second kappa shape index (κ2) is 11.6. The highest BCUT2D eigenvalue weighted by atomic mass is 16.6. The third-order valence-corrected chi connectivity index (χ3v) is 8.65. The first-order valence-electron chi connectivity index (χ1n) is 14.2. The standard InChI is InChI=1S/C32H38N2O6/c1-4-6-7-10-18-39-31(38)26-25-15-16-32(40-25)27(26)29(36)34(21(3)20-35)28(32)30(37)33(17-5-2)24-14-13-22-11-8-9-12-23(22)19-24/h4-5,8-9,11-14,19,21,25-28,35H,1-2,6-7,10,15-18,20H2,3H3/t21-,25-,26+,27+,28?,32?/m1/s1. The van der Waals surface area contributed by atoms with Crippen molar-refractivity contribution >= 4 is 34.2 Å². The van der Waals surface area contributed by atoms with Crippen LogP contribution in [-0.4, -0.2) is 71.3 Å². The van der Waals surface area contributed by atoms with Crippen molar-refractivity contribution in [2.75, 3.05) is 24.7 Å². The zero-order valence-corrected chi connectivity index (χ0v) is 23.0. The fourth-order valence-electron chi connectivity index (χ4n) is 6.80. The Morgan fingerprint density at radius 3 is 2.70 bits per heavy atom. The minimum Gasteiger partial charge on any atom is -0.465 e. The fraction of sp³-hybridized carbons (Fsp3) is 0.469. The van der Waals surface area contributed by atoms with Gasteiger partial charge in [0.2, 0.25) is 5.91 Å². The Balaban J connectivity index is 1.48. The lowest BCUT2D eigenvalue weighted by Gasteiger charge is -2.38. The summed E-state index contributed by atoms with van der Waals surface area (Å²) in [4.78, 5) is 44.9. The van der Waals surface area contributed by atoms with E-state index >= 15 is 0 Å². The van der Waals surface area contributed by atoms with Gasteiger partial charge in [0.1, 0.15) is 11.6 Å². The number of likely N-dealkylation sites (tertiary alicyclic amines) is 1. The van der Waals surface area contributed by atoms with Crippen LogP contribution in [0.25, 0.3) is 10.8 Å². The van der Waals surface area contributed by atoms with Crippen LogP contribution in [0.15, 0.2) is 67.8 Å². The van der Waals surface area contributed by atoms with Crippen LogP contribution in [0.1, 0.15) is 39.0 Å². The van der Waals surface area contributed by atoms with E-state index in [9.17, 15) is 19.5 Å². The van der Waals surface area contributed by atoms with Crippen LogP contribution in [-0.2, 0) is 23.9 Å². The molecule has 3 aliphatic heterocycles. The number of ether oxygens (including phenoxy) is 2. The summed E-state index contributed by atoms with van der Waals surface area (Å²) in [6.07, 6.45) is 6.44. The minimum absolute atomic E-state index is 0.226. The van der Waals surface area contributed by atoms with Crippen molar-refractivity contribution in [1.82, 2.24) is 4.90 Å². The maximum absolute atomic E-state index is 14.5. The summed E-state index contributed by atoms with van der Waals surface area (Å²) in [6, 6.07) is 12.1. The third-order valence-electron chi connectivity index (χ3n) is 8.65. The number of carbonyl (C=O) groups excluding carboxylic acids is 3. The van der Waals surface area contributed by atoms with Crippen molar-refractivity contribution in [1.29, 1.82) is 0 Å². The smallest absolute Gasteiger partial charge is 0.312 e. The second-order valence-electron chi connectivity index (χ2n) is 11.1. The van der Waals surface area contributed by atoms with Gasteiger partial charge in [-0.15, -0.1) is 13.2 Å². The molecule has 0 saturated carbocycles. The molecule has 3 saturated heterocycles. The molecule has 2 amide bonds. The van der Waals surface area contributed by atoms with E-state index in [2.05, 4.69) is 13.2 Å². The number of aliphatic hydroxyl groups is 1. The van der Waals surface area contributed by atoms with Crippen LogP contribution in [0.4, 0.5) is 5.69 Å². The average Bonchev–Trinajstić information content (AvgIpc) is 3.62. The molecule has 8 nitrogen and oxygen atoms in total. The Morgan fingerprint density at radius 2 is 1.98 bits per heavy atom. The van der Waals surface area contributed by atoms with E-state index in [1.165, 1.54) is 4.90 Å². The Bertz CT molecular complexity index is 1310. The lowest BCUT2D eigenvalue weighted by atomic mass is 9.70. The summed E-state index contributed by atoms with van der Waals surface area (Å²) in [5, 5.41) is 12.1. The normalized spacial score (nSPS) is 27.4. The molecule has 2 aromatic rings. The van der Waals surface area contributed by atoms with E-state index in [0.29, 0.717) is 24.9 Å². The highest BCUT2D eigenvalue weighted by Gasteiger charge is 2.75. The van der Waals surface area contributed by atoms with Gasteiger partial charge in [-0.05, 0) is 61.9 Å². The van der Waals surface area contributed by atoms with Crippen molar-refractivity contribution in [3.63, 3.8) is 0 Å². The first-order valence-corrected chi connectivity index (χ1v) is 14.2. The van der Waals surface area contributed by atoms with E-state index in [0.717, 1.165) is 23.6 Å². The number of benzene rings is 2. The number of fused-ring (bicyclic) bond motifs is 2. The van der Waals surface area contributed by atoms with Crippen molar-refractivity contribution < 1.29 is 29.0 Å². The van der Waals surface area contributed by atoms with Crippen molar-refractivity contribution in [3.05, 3.63) is 67.8 Å². The van der Waals surface area contributed by atoms with Crippen LogP contribution in [0.5, 0.6) is 0 Å². The maximum atomic E-state index is 14.5. The van der Waals surface area contributed by atoms with Gasteiger partial charge in [-0.3, -0.25) is 14.4 Å². The molecule has 6 atom stereocenters. The van der Waals surface area contributed by atoms with Gasteiger partial charge < -0.3 is 24.4 Å². The van der Waals surface area contributed by atoms with Gasteiger partial charge in [-0.1, -0.05) is 42.5 Å². The van der Waals surface area contributed by atoms with E-state index in [1.807, 2.05) is 48.5 Å². The topological polar surface area (TPSA) is 96.4 Å². The number of esters is 1. The SMILES string of the molecule is C=CCCCCOC(=O)[C@@H]1[C@H]2C(=O)N([C@H](C)CO)C(C(=O)N(CC=C)c3ccc4ccccc4c3)C23CC[C@H]1O3. The molecule has 3 fully saturated rings. The van der Waals surface area contributed by atoms with Gasteiger partial charge in [0.05, 0.1) is 37.2 Å². The summed E-state index contributed by atoms with van der Waals surface area (Å²) in [5.41, 5.74) is -0.485. The van der Waals surface area contributed by atoms with Gasteiger partial charge in [0.25, 0.3) is 5.91 Å². The lowest BCUT2D eigenvalue weighted by Crippen LogP contribution is -2.58. The molecule has 3 heterocycles. The largest absolute Gasteiger partial charge is 0.465 e. The number of carbonyl (C=O) groups is 3. The van der Waals surface area contributed by atoms with Gasteiger partial charge in [-0.2, -0.15) is 0 Å². The minimum atomic E-state index is -1.16. The number of nitrogens with zero attached hydrogens (tertiary/aromatic N) is 2. The number of unbranched alkanes of at least 4 members (excludes halogenated alkanes) is 2. The Morgan fingerprint density at radius 1 is 1.20 bits per heavy atom. The van der Waals surface area contributed by atoms with Crippen molar-refractivity contribution in [2.45, 2.75) is 62.8 Å². The van der Waals surface area contributed by atoms with Crippen LogP contribution in [0.3, 0.4) is 0 Å². The molecule has 0 radical (unpaired) electrons. The highest BCUT2D eigenvalue weighted by molar-refractivity contribution is 6.05. The molecule has 3 aliphatic rings. The van der Waals surface area contributed by atoms with E-state index in [4.69, 9.17) is 9.47 Å². The number of rotatable bonds is 12. The first-order chi connectivity index (χ1) is 19.4. The van der Waals surface area contributed by atoms with Gasteiger partial charge in [0.15, 0.2) is 0 Å². The molecule has 0 aliphatic carbocycles.